The van der Waals surface area contributed by atoms with E-state index in [0.717, 1.165) is 21.2 Å². The molecular formula is C16H13NO3S. The minimum Gasteiger partial charge on any atom is -0.446 e. The molecule has 0 spiro atoms. The number of benzene rings is 2. The van der Waals surface area contributed by atoms with Crippen LogP contribution < -0.4 is 4.90 Å². The lowest BCUT2D eigenvalue weighted by Gasteiger charge is -2.30. The predicted octanol–water partition coefficient (Wildman–Crippen LogP) is 3.82. The average molecular weight is 299 g/mol. The molecule has 4 rings (SSSR count). The van der Waals surface area contributed by atoms with Gasteiger partial charge in [-0.2, -0.15) is 0 Å². The van der Waals surface area contributed by atoms with Gasteiger partial charge in [0.05, 0.1) is 18.0 Å². The molecule has 1 atom stereocenters. The largest absolute Gasteiger partial charge is 0.446 e. The zero-order valence-electron chi connectivity index (χ0n) is 11.2. The maximum absolute atomic E-state index is 12.5. The summed E-state index contributed by atoms with van der Waals surface area (Å²) in [6, 6.07) is 15.7. The third kappa shape index (κ3) is 2.39. The maximum Gasteiger partial charge on any atom is 0.419 e. The fraction of sp³-hybridized carbons (Fsp3) is 0.188. The van der Waals surface area contributed by atoms with E-state index in [4.69, 9.17) is 9.47 Å². The van der Waals surface area contributed by atoms with Gasteiger partial charge in [-0.3, -0.25) is 0 Å². The molecule has 2 aromatic carbocycles. The standard InChI is InChI=1S/C16H13NO3S/c18-16(20-10-11-9-19-11)17-12-5-1-3-7-14(12)21-15-8-4-2-6-13(15)17/h1-8,11H,9-10H2. The first-order valence-electron chi connectivity index (χ1n) is 6.77. The van der Waals surface area contributed by atoms with Gasteiger partial charge < -0.3 is 9.47 Å². The lowest BCUT2D eigenvalue weighted by molar-refractivity contribution is 0.145. The van der Waals surface area contributed by atoms with Gasteiger partial charge in [0.25, 0.3) is 0 Å². The predicted molar refractivity (Wildman–Crippen MR) is 80.2 cm³/mol. The van der Waals surface area contributed by atoms with Crippen molar-refractivity contribution in [3.8, 4) is 0 Å². The zero-order valence-corrected chi connectivity index (χ0v) is 12.0. The van der Waals surface area contributed by atoms with E-state index in [0.29, 0.717) is 13.2 Å². The van der Waals surface area contributed by atoms with Crippen LogP contribution in [-0.4, -0.2) is 25.4 Å². The molecule has 2 heterocycles. The van der Waals surface area contributed by atoms with E-state index in [1.165, 1.54) is 0 Å². The van der Waals surface area contributed by atoms with Gasteiger partial charge >= 0.3 is 6.09 Å². The number of carbonyl (C=O) groups excluding carboxylic acids is 1. The summed E-state index contributed by atoms with van der Waals surface area (Å²) in [7, 11) is 0. The zero-order chi connectivity index (χ0) is 14.2. The second-order valence-corrected chi connectivity index (χ2v) is 5.99. The second kappa shape index (κ2) is 5.09. The van der Waals surface area contributed by atoms with Crippen molar-refractivity contribution in [2.45, 2.75) is 15.9 Å². The number of hydrogen-bond donors (Lipinski definition) is 0. The van der Waals surface area contributed by atoms with Crippen molar-refractivity contribution >= 4 is 29.2 Å². The van der Waals surface area contributed by atoms with Crippen LogP contribution in [-0.2, 0) is 9.47 Å². The van der Waals surface area contributed by atoms with E-state index < -0.39 is 0 Å². The van der Waals surface area contributed by atoms with Crippen LogP contribution in [0.25, 0.3) is 0 Å². The minimum absolute atomic E-state index is 0.0682. The molecule has 0 radical (unpaired) electrons. The van der Waals surface area contributed by atoms with Crippen LogP contribution in [0.3, 0.4) is 0 Å². The molecular weight excluding hydrogens is 286 g/mol. The molecule has 1 amide bonds. The van der Waals surface area contributed by atoms with Crippen molar-refractivity contribution in [2.24, 2.45) is 0 Å². The van der Waals surface area contributed by atoms with Crippen molar-refractivity contribution in [1.82, 2.24) is 0 Å². The summed E-state index contributed by atoms with van der Waals surface area (Å²) in [6.45, 7) is 0.989. The van der Waals surface area contributed by atoms with Crippen molar-refractivity contribution in [3.05, 3.63) is 48.5 Å². The number of amides is 1. The summed E-state index contributed by atoms with van der Waals surface area (Å²) in [5.41, 5.74) is 1.73. The van der Waals surface area contributed by atoms with E-state index in [-0.39, 0.29) is 12.2 Å². The summed E-state index contributed by atoms with van der Waals surface area (Å²) < 4.78 is 10.5. The van der Waals surface area contributed by atoms with Gasteiger partial charge in [0.15, 0.2) is 0 Å². The summed E-state index contributed by atoms with van der Waals surface area (Å²) in [4.78, 5) is 16.2. The van der Waals surface area contributed by atoms with Crippen LogP contribution in [0.2, 0.25) is 0 Å². The van der Waals surface area contributed by atoms with Crippen LogP contribution in [0.15, 0.2) is 58.3 Å². The molecule has 0 aromatic heterocycles. The SMILES string of the molecule is O=C(OCC1CO1)N1c2ccccc2Sc2ccccc21. The number of rotatable bonds is 2. The lowest BCUT2D eigenvalue weighted by atomic mass is 10.2. The normalized spacial score (nSPS) is 18.7. The van der Waals surface area contributed by atoms with E-state index >= 15 is 0 Å². The fourth-order valence-electron chi connectivity index (χ4n) is 2.29. The van der Waals surface area contributed by atoms with Gasteiger partial charge in [-0.05, 0) is 24.3 Å². The highest BCUT2D eigenvalue weighted by Gasteiger charge is 2.31. The number of ether oxygens (including phenoxy) is 2. The lowest BCUT2D eigenvalue weighted by Crippen LogP contribution is -2.30. The Morgan fingerprint density at radius 3 is 2.29 bits per heavy atom. The first kappa shape index (κ1) is 12.7. The second-order valence-electron chi connectivity index (χ2n) is 4.91. The van der Waals surface area contributed by atoms with Crippen molar-refractivity contribution in [1.29, 1.82) is 0 Å². The smallest absolute Gasteiger partial charge is 0.419 e. The number of carbonyl (C=O) groups is 1. The molecule has 2 aliphatic rings. The Morgan fingerprint density at radius 1 is 1.14 bits per heavy atom. The number of epoxide rings is 1. The molecule has 0 saturated carbocycles. The first-order chi connectivity index (χ1) is 10.3. The van der Waals surface area contributed by atoms with Gasteiger partial charge in [0, 0.05) is 9.79 Å². The molecule has 21 heavy (non-hydrogen) atoms. The Hall–Kier alpha value is -1.98. The van der Waals surface area contributed by atoms with Crippen LogP contribution in [0, 0.1) is 0 Å². The van der Waals surface area contributed by atoms with Gasteiger partial charge in [-0.25, -0.2) is 9.69 Å². The highest BCUT2D eigenvalue weighted by Crippen LogP contribution is 2.48. The Morgan fingerprint density at radius 2 is 1.71 bits per heavy atom. The first-order valence-corrected chi connectivity index (χ1v) is 7.59. The number of nitrogens with zero attached hydrogens (tertiary/aromatic N) is 1. The molecule has 2 aliphatic heterocycles. The summed E-state index contributed by atoms with van der Waals surface area (Å²) >= 11 is 1.67. The van der Waals surface area contributed by atoms with E-state index in [9.17, 15) is 4.79 Å². The van der Waals surface area contributed by atoms with Gasteiger partial charge in [0.1, 0.15) is 12.7 Å². The van der Waals surface area contributed by atoms with Crippen LogP contribution in [0.4, 0.5) is 16.2 Å². The molecule has 0 aliphatic carbocycles. The molecule has 1 saturated heterocycles. The quantitative estimate of drug-likeness (QED) is 0.790. The van der Waals surface area contributed by atoms with Crippen LogP contribution >= 0.6 is 11.8 Å². The molecule has 2 aromatic rings. The Labute approximate surface area is 126 Å². The molecule has 106 valence electrons. The molecule has 5 heteroatoms. The summed E-state index contributed by atoms with van der Waals surface area (Å²) in [5.74, 6) is 0. The highest BCUT2D eigenvalue weighted by molar-refractivity contribution is 7.99. The third-order valence-electron chi connectivity index (χ3n) is 3.41. The van der Waals surface area contributed by atoms with Crippen molar-refractivity contribution in [2.75, 3.05) is 18.1 Å². The average Bonchev–Trinajstić information content (AvgIpc) is 3.34. The van der Waals surface area contributed by atoms with E-state index in [1.807, 2.05) is 48.5 Å². The number of hydrogen-bond acceptors (Lipinski definition) is 4. The minimum atomic E-state index is -0.356. The van der Waals surface area contributed by atoms with Gasteiger partial charge in [-0.15, -0.1) is 0 Å². The highest BCUT2D eigenvalue weighted by atomic mass is 32.2. The number of fused-ring (bicyclic) bond motifs is 2. The van der Waals surface area contributed by atoms with Crippen molar-refractivity contribution < 1.29 is 14.3 Å². The number of anilines is 2. The molecule has 0 N–H and O–H groups in total. The van der Waals surface area contributed by atoms with Gasteiger partial charge in [-0.1, -0.05) is 36.0 Å². The molecule has 0 bridgehead atoms. The maximum atomic E-state index is 12.5. The van der Waals surface area contributed by atoms with E-state index in [2.05, 4.69) is 0 Å². The molecule has 1 fully saturated rings. The molecule has 1 unspecified atom stereocenters. The Balaban J connectivity index is 1.71. The molecule has 4 nitrogen and oxygen atoms in total. The van der Waals surface area contributed by atoms with Crippen LogP contribution in [0.5, 0.6) is 0 Å². The number of para-hydroxylation sites is 2. The Kier molecular flexibility index (Phi) is 3.09. The van der Waals surface area contributed by atoms with Crippen LogP contribution in [0.1, 0.15) is 0 Å². The monoisotopic (exact) mass is 299 g/mol. The fourth-order valence-corrected chi connectivity index (χ4v) is 3.35. The van der Waals surface area contributed by atoms with E-state index in [1.54, 1.807) is 16.7 Å². The topological polar surface area (TPSA) is 42.1 Å². The third-order valence-corrected chi connectivity index (χ3v) is 4.54. The Bertz CT molecular complexity index is 654. The summed E-state index contributed by atoms with van der Waals surface area (Å²) in [5, 5.41) is 0. The summed E-state index contributed by atoms with van der Waals surface area (Å²) in [6.07, 6.45) is -0.288. The van der Waals surface area contributed by atoms with Gasteiger partial charge in [0.2, 0.25) is 0 Å². The van der Waals surface area contributed by atoms with Crippen molar-refractivity contribution in [3.63, 3.8) is 0 Å².